The molecule has 1 heterocycles. The number of rotatable bonds is 6. The summed E-state index contributed by atoms with van der Waals surface area (Å²) in [4.78, 5) is 21.1. The highest BCUT2D eigenvalue weighted by molar-refractivity contribution is 7.89. The number of piperazine rings is 1. The van der Waals surface area contributed by atoms with Crippen molar-refractivity contribution in [2.75, 3.05) is 31.5 Å². The largest absolute Gasteiger partial charge is 0.326 e. The molecule has 1 fully saturated rings. The molecule has 11 nitrogen and oxygen atoms in total. The standard InChI is InChI=1S/C18H20N4O7S2/c1-14(23)19-15-6-8-16(9-7-15)30(26,27)20-10-12-21(13-11-20)31(28,29)18-5-3-2-4-17(18)22(24)25/h2-9H,10-13H2,1H3,(H,19,23). The molecule has 31 heavy (non-hydrogen) atoms. The number of amides is 1. The maximum atomic E-state index is 12.9. The molecule has 0 aliphatic carbocycles. The van der Waals surface area contributed by atoms with Gasteiger partial charge in [0.2, 0.25) is 26.0 Å². The molecule has 2 aromatic rings. The van der Waals surface area contributed by atoms with Crippen LogP contribution in [0.3, 0.4) is 0 Å². The van der Waals surface area contributed by atoms with Gasteiger partial charge in [-0.15, -0.1) is 0 Å². The molecule has 2 aromatic carbocycles. The first-order chi connectivity index (χ1) is 14.5. The minimum atomic E-state index is -4.16. The van der Waals surface area contributed by atoms with Crippen LogP contribution in [0.5, 0.6) is 0 Å². The highest BCUT2D eigenvalue weighted by atomic mass is 32.2. The molecule has 0 atom stereocenters. The average molecular weight is 469 g/mol. The SMILES string of the molecule is CC(=O)Nc1ccc(S(=O)(=O)N2CCN(S(=O)(=O)c3ccccc3[N+](=O)[O-])CC2)cc1. The van der Waals surface area contributed by atoms with Crippen molar-refractivity contribution in [3.63, 3.8) is 0 Å². The second-order valence-electron chi connectivity index (χ2n) is 6.74. The summed E-state index contributed by atoms with van der Waals surface area (Å²) in [5.41, 5.74) is -0.0800. The number of nitro benzene ring substituents is 1. The Hall–Kier alpha value is -2.87. The van der Waals surface area contributed by atoms with Crippen LogP contribution in [0.2, 0.25) is 0 Å². The third kappa shape index (κ3) is 4.74. The van der Waals surface area contributed by atoms with E-state index in [-0.39, 0.29) is 37.0 Å². The number of nitro groups is 1. The lowest BCUT2D eigenvalue weighted by Crippen LogP contribution is -2.50. The average Bonchev–Trinajstić information content (AvgIpc) is 2.73. The fraction of sp³-hybridized carbons (Fsp3) is 0.278. The van der Waals surface area contributed by atoms with Gasteiger partial charge in [0, 0.05) is 44.9 Å². The third-order valence-corrected chi connectivity index (χ3v) is 8.55. The topological polar surface area (TPSA) is 147 Å². The molecular weight excluding hydrogens is 448 g/mol. The Morgan fingerprint density at radius 2 is 1.42 bits per heavy atom. The second-order valence-corrected chi connectivity index (χ2v) is 10.6. The lowest BCUT2D eigenvalue weighted by Gasteiger charge is -2.33. The van der Waals surface area contributed by atoms with E-state index in [4.69, 9.17) is 0 Å². The zero-order valence-electron chi connectivity index (χ0n) is 16.5. The smallest absolute Gasteiger partial charge is 0.289 e. The van der Waals surface area contributed by atoms with E-state index in [9.17, 15) is 31.7 Å². The number of sulfonamides is 2. The van der Waals surface area contributed by atoms with Gasteiger partial charge in [0.05, 0.1) is 9.82 Å². The van der Waals surface area contributed by atoms with Gasteiger partial charge in [-0.3, -0.25) is 14.9 Å². The predicted molar refractivity (Wildman–Crippen MR) is 111 cm³/mol. The van der Waals surface area contributed by atoms with Gasteiger partial charge in [0.25, 0.3) is 5.69 Å². The fourth-order valence-corrected chi connectivity index (χ4v) is 6.18. The summed E-state index contributed by atoms with van der Waals surface area (Å²) in [6.07, 6.45) is 0. The highest BCUT2D eigenvalue weighted by Gasteiger charge is 2.36. The quantitative estimate of drug-likeness (QED) is 0.496. The van der Waals surface area contributed by atoms with E-state index in [1.807, 2.05) is 0 Å². The van der Waals surface area contributed by atoms with Crippen LogP contribution >= 0.6 is 0 Å². The molecule has 1 aliphatic heterocycles. The molecule has 3 rings (SSSR count). The minimum Gasteiger partial charge on any atom is -0.326 e. The van der Waals surface area contributed by atoms with Gasteiger partial charge in [0.1, 0.15) is 0 Å². The Balaban J connectivity index is 1.76. The maximum absolute atomic E-state index is 12.9. The predicted octanol–water partition coefficient (Wildman–Crippen LogP) is 1.25. The van der Waals surface area contributed by atoms with Gasteiger partial charge < -0.3 is 5.32 Å². The molecule has 1 amide bonds. The summed E-state index contributed by atoms with van der Waals surface area (Å²) < 4.78 is 53.7. The molecule has 1 N–H and O–H groups in total. The zero-order valence-corrected chi connectivity index (χ0v) is 18.1. The summed E-state index contributed by atoms with van der Waals surface area (Å²) >= 11 is 0. The number of anilines is 1. The van der Waals surface area contributed by atoms with Crippen molar-refractivity contribution in [3.05, 3.63) is 58.6 Å². The van der Waals surface area contributed by atoms with Gasteiger partial charge in [-0.2, -0.15) is 8.61 Å². The van der Waals surface area contributed by atoms with Crippen LogP contribution in [0.4, 0.5) is 11.4 Å². The summed E-state index contributed by atoms with van der Waals surface area (Å²) in [5, 5.41) is 13.7. The summed E-state index contributed by atoms with van der Waals surface area (Å²) in [5.74, 6) is -0.286. The van der Waals surface area contributed by atoms with Crippen molar-refractivity contribution in [2.24, 2.45) is 0 Å². The number of para-hydroxylation sites is 1. The number of carbonyl (C=O) groups is 1. The first kappa shape index (κ1) is 22.8. The van der Waals surface area contributed by atoms with Crippen molar-refractivity contribution in [1.82, 2.24) is 8.61 Å². The van der Waals surface area contributed by atoms with Crippen molar-refractivity contribution < 1.29 is 26.6 Å². The van der Waals surface area contributed by atoms with E-state index in [1.54, 1.807) is 0 Å². The lowest BCUT2D eigenvalue weighted by molar-refractivity contribution is -0.387. The van der Waals surface area contributed by atoms with Gasteiger partial charge in [-0.25, -0.2) is 16.8 Å². The minimum absolute atomic E-state index is 0.0107. The van der Waals surface area contributed by atoms with E-state index >= 15 is 0 Å². The molecule has 0 saturated carbocycles. The van der Waals surface area contributed by atoms with Crippen LogP contribution in [0.1, 0.15) is 6.92 Å². The number of nitrogens with zero attached hydrogens (tertiary/aromatic N) is 3. The molecule has 1 aliphatic rings. The number of hydrogen-bond acceptors (Lipinski definition) is 7. The first-order valence-corrected chi connectivity index (χ1v) is 12.0. The summed E-state index contributed by atoms with van der Waals surface area (Å²) in [7, 11) is -8.03. The molecule has 0 aromatic heterocycles. The van der Waals surface area contributed by atoms with Crippen molar-refractivity contribution in [2.45, 2.75) is 16.7 Å². The van der Waals surface area contributed by atoms with Gasteiger partial charge in [-0.05, 0) is 30.3 Å². The van der Waals surface area contributed by atoms with Crippen LogP contribution < -0.4 is 5.32 Å². The Labute approximate surface area is 179 Å². The van der Waals surface area contributed by atoms with Crippen LogP contribution in [0.25, 0.3) is 0 Å². The van der Waals surface area contributed by atoms with Gasteiger partial charge in [0.15, 0.2) is 4.90 Å². The Bertz CT molecular complexity index is 1200. The molecule has 0 spiro atoms. The number of benzene rings is 2. The number of carbonyl (C=O) groups excluding carboxylic acids is 1. The van der Waals surface area contributed by atoms with Crippen LogP contribution in [-0.4, -0.2) is 62.5 Å². The molecule has 0 unspecified atom stereocenters. The number of hydrogen-bond donors (Lipinski definition) is 1. The van der Waals surface area contributed by atoms with E-state index in [0.29, 0.717) is 5.69 Å². The van der Waals surface area contributed by atoms with Gasteiger partial charge >= 0.3 is 0 Å². The first-order valence-electron chi connectivity index (χ1n) is 9.15. The molecule has 0 bridgehead atoms. The normalized spacial score (nSPS) is 16.0. The molecule has 13 heteroatoms. The van der Waals surface area contributed by atoms with Gasteiger partial charge in [-0.1, -0.05) is 12.1 Å². The van der Waals surface area contributed by atoms with Crippen molar-refractivity contribution in [1.29, 1.82) is 0 Å². The molecule has 0 radical (unpaired) electrons. The molecule has 1 saturated heterocycles. The third-order valence-electron chi connectivity index (χ3n) is 4.69. The Morgan fingerprint density at radius 3 is 1.94 bits per heavy atom. The van der Waals surface area contributed by atoms with E-state index in [2.05, 4.69) is 5.32 Å². The maximum Gasteiger partial charge on any atom is 0.289 e. The monoisotopic (exact) mass is 468 g/mol. The lowest BCUT2D eigenvalue weighted by atomic mass is 10.3. The van der Waals surface area contributed by atoms with E-state index in [0.717, 1.165) is 20.7 Å². The van der Waals surface area contributed by atoms with Crippen molar-refractivity contribution >= 4 is 37.3 Å². The summed E-state index contributed by atoms with van der Waals surface area (Å²) in [6, 6.07) is 10.7. The number of nitrogens with one attached hydrogen (secondary N) is 1. The fourth-order valence-electron chi connectivity index (χ4n) is 3.18. The van der Waals surface area contributed by atoms with E-state index < -0.39 is 35.6 Å². The van der Waals surface area contributed by atoms with Crippen LogP contribution in [-0.2, 0) is 24.8 Å². The zero-order chi connectivity index (χ0) is 22.8. The van der Waals surface area contributed by atoms with Crippen molar-refractivity contribution in [3.8, 4) is 0 Å². The van der Waals surface area contributed by atoms with Crippen LogP contribution in [0, 0.1) is 10.1 Å². The molecular formula is C18H20N4O7S2. The van der Waals surface area contributed by atoms with E-state index in [1.165, 1.54) is 43.3 Å². The molecule has 166 valence electrons. The van der Waals surface area contributed by atoms with Crippen LogP contribution in [0.15, 0.2) is 58.3 Å². The Kier molecular flexibility index (Phi) is 6.40. The Morgan fingerprint density at radius 1 is 0.903 bits per heavy atom. The highest BCUT2D eigenvalue weighted by Crippen LogP contribution is 2.28. The summed E-state index contributed by atoms with van der Waals surface area (Å²) in [6.45, 7) is 0.850. The second kappa shape index (κ2) is 8.70.